The van der Waals surface area contributed by atoms with E-state index in [-0.39, 0.29) is 24.3 Å². The fourth-order valence-electron chi connectivity index (χ4n) is 3.26. The lowest BCUT2D eigenvalue weighted by atomic mass is 10.1. The predicted molar refractivity (Wildman–Crippen MR) is 75.9 cm³/mol. The average molecular weight is 282 g/mol. The van der Waals surface area contributed by atoms with Crippen molar-refractivity contribution in [1.29, 1.82) is 0 Å². The highest BCUT2D eigenvalue weighted by molar-refractivity contribution is 5.89. The van der Waals surface area contributed by atoms with Crippen LogP contribution in [0.15, 0.2) is 0 Å². The molecule has 0 spiro atoms. The molecule has 2 aliphatic heterocycles. The van der Waals surface area contributed by atoms with Gasteiger partial charge in [-0.1, -0.05) is 13.8 Å². The Labute approximate surface area is 120 Å². The topological polar surface area (TPSA) is 60.9 Å². The van der Waals surface area contributed by atoms with E-state index >= 15 is 0 Å². The first-order valence-electron chi connectivity index (χ1n) is 7.68. The van der Waals surface area contributed by atoms with Gasteiger partial charge in [0.05, 0.1) is 5.92 Å². The summed E-state index contributed by atoms with van der Waals surface area (Å²) in [6.07, 6.45) is 2.11. The standard InChI is InChI=1S/C15H26N2O3/c1-11(2)8-17-10-13(7-14(17)19)15(20)16-5-3-12(9-16)4-6-18/h11-13,18H,3-10H2,1-2H3. The number of nitrogens with zero attached hydrogens (tertiary/aromatic N) is 2. The number of carbonyl (C=O) groups is 2. The normalized spacial score (nSPS) is 26.9. The van der Waals surface area contributed by atoms with E-state index in [1.54, 1.807) is 0 Å². The molecule has 2 amide bonds. The van der Waals surface area contributed by atoms with Crippen molar-refractivity contribution in [3.63, 3.8) is 0 Å². The molecule has 2 fully saturated rings. The van der Waals surface area contributed by atoms with Crippen molar-refractivity contribution >= 4 is 11.8 Å². The van der Waals surface area contributed by atoms with Gasteiger partial charge in [0.1, 0.15) is 0 Å². The average Bonchev–Trinajstić information content (AvgIpc) is 2.97. The Morgan fingerprint density at radius 1 is 1.40 bits per heavy atom. The lowest BCUT2D eigenvalue weighted by Gasteiger charge is -2.22. The number of rotatable bonds is 5. The number of likely N-dealkylation sites (tertiary alicyclic amines) is 2. The molecule has 0 aromatic carbocycles. The summed E-state index contributed by atoms with van der Waals surface area (Å²) in [5.41, 5.74) is 0. The van der Waals surface area contributed by atoms with Crippen molar-refractivity contribution in [3.8, 4) is 0 Å². The molecule has 2 heterocycles. The van der Waals surface area contributed by atoms with Crippen LogP contribution in [0.5, 0.6) is 0 Å². The summed E-state index contributed by atoms with van der Waals surface area (Å²) < 4.78 is 0. The van der Waals surface area contributed by atoms with Crippen molar-refractivity contribution in [2.24, 2.45) is 17.8 Å². The van der Waals surface area contributed by atoms with Crippen molar-refractivity contribution in [2.45, 2.75) is 33.1 Å². The van der Waals surface area contributed by atoms with Crippen LogP contribution in [0.25, 0.3) is 0 Å². The van der Waals surface area contributed by atoms with E-state index in [0.29, 0.717) is 24.8 Å². The molecule has 5 heteroatoms. The third kappa shape index (κ3) is 3.51. The van der Waals surface area contributed by atoms with Gasteiger partial charge >= 0.3 is 0 Å². The molecule has 0 aromatic heterocycles. The third-order valence-electron chi connectivity index (χ3n) is 4.28. The summed E-state index contributed by atoms with van der Waals surface area (Å²) in [5, 5.41) is 8.96. The van der Waals surface area contributed by atoms with Gasteiger partial charge in [-0.15, -0.1) is 0 Å². The van der Waals surface area contributed by atoms with Crippen LogP contribution < -0.4 is 0 Å². The fourth-order valence-corrected chi connectivity index (χ4v) is 3.26. The van der Waals surface area contributed by atoms with Crippen LogP contribution in [0, 0.1) is 17.8 Å². The van der Waals surface area contributed by atoms with E-state index in [1.165, 1.54) is 0 Å². The fraction of sp³-hybridized carbons (Fsp3) is 0.867. The molecule has 0 radical (unpaired) electrons. The zero-order chi connectivity index (χ0) is 14.7. The lowest BCUT2D eigenvalue weighted by Crippen LogP contribution is -2.36. The molecule has 0 aromatic rings. The Hall–Kier alpha value is -1.10. The minimum atomic E-state index is -0.158. The highest BCUT2D eigenvalue weighted by atomic mass is 16.3. The molecule has 0 aliphatic carbocycles. The van der Waals surface area contributed by atoms with Crippen LogP contribution in [0.4, 0.5) is 0 Å². The molecular weight excluding hydrogens is 256 g/mol. The van der Waals surface area contributed by atoms with Crippen molar-refractivity contribution < 1.29 is 14.7 Å². The van der Waals surface area contributed by atoms with Gasteiger partial charge < -0.3 is 14.9 Å². The Bertz CT molecular complexity index is 370. The second-order valence-corrected chi connectivity index (χ2v) is 6.54. The summed E-state index contributed by atoms with van der Waals surface area (Å²) in [6, 6.07) is 0. The number of aliphatic hydroxyl groups is 1. The molecule has 20 heavy (non-hydrogen) atoms. The van der Waals surface area contributed by atoms with Gasteiger partial charge in [0, 0.05) is 39.2 Å². The maximum atomic E-state index is 12.5. The van der Waals surface area contributed by atoms with Gasteiger partial charge in [-0.2, -0.15) is 0 Å². The molecular formula is C15H26N2O3. The first-order chi connectivity index (χ1) is 9.51. The monoisotopic (exact) mass is 282 g/mol. The molecule has 114 valence electrons. The highest BCUT2D eigenvalue weighted by Crippen LogP contribution is 2.25. The van der Waals surface area contributed by atoms with E-state index < -0.39 is 0 Å². The SMILES string of the molecule is CC(C)CN1CC(C(=O)N2CCC(CCO)C2)CC1=O. The Balaban J connectivity index is 1.86. The largest absolute Gasteiger partial charge is 0.396 e. The van der Waals surface area contributed by atoms with Gasteiger partial charge in [0.15, 0.2) is 0 Å². The van der Waals surface area contributed by atoms with Crippen molar-refractivity contribution in [2.75, 3.05) is 32.8 Å². The zero-order valence-electron chi connectivity index (χ0n) is 12.5. The van der Waals surface area contributed by atoms with Crippen LogP contribution in [-0.4, -0.2) is 59.5 Å². The second kappa shape index (κ2) is 6.57. The minimum absolute atomic E-state index is 0.114. The van der Waals surface area contributed by atoms with Crippen LogP contribution in [0.1, 0.15) is 33.1 Å². The van der Waals surface area contributed by atoms with Gasteiger partial charge in [-0.3, -0.25) is 9.59 Å². The number of amides is 2. The summed E-state index contributed by atoms with van der Waals surface area (Å²) in [5.74, 6) is 0.948. The Morgan fingerprint density at radius 3 is 2.80 bits per heavy atom. The predicted octanol–water partition coefficient (Wildman–Crippen LogP) is 0.722. The Kier molecular flexibility index (Phi) is 5.02. The molecule has 2 unspecified atom stereocenters. The lowest BCUT2D eigenvalue weighted by molar-refractivity contribution is -0.135. The number of hydrogen-bond donors (Lipinski definition) is 1. The van der Waals surface area contributed by atoms with Crippen LogP contribution in [0.3, 0.4) is 0 Å². The summed E-state index contributed by atoms with van der Waals surface area (Å²) >= 11 is 0. The maximum Gasteiger partial charge on any atom is 0.228 e. The van der Waals surface area contributed by atoms with E-state index in [9.17, 15) is 9.59 Å². The molecule has 2 atom stereocenters. The maximum absolute atomic E-state index is 12.5. The smallest absolute Gasteiger partial charge is 0.228 e. The molecule has 5 nitrogen and oxygen atoms in total. The molecule has 2 saturated heterocycles. The van der Waals surface area contributed by atoms with Crippen LogP contribution in [0.2, 0.25) is 0 Å². The molecule has 0 bridgehead atoms. The Morgan fingerprint density at radius 2 is 2.15 bits per heavy atom. The third-order valence-corrected chi connectivity index (χ3v) is 4.28. The second-order valence-electron chi connectivity index (χ2n) is 6.54. The highest BCUT2D eigenvalue weighted by Gasteiger charge is 2.38. The molecule has 2 rings (SSSR count). The first kappa shape index (κ1) is 15.3. The summed E-state index contributed by atoms with van der Waals surface area (Å²) in [4.78, 5) is 28.1. The number of hydrogen-bond acceptors (Lipinski definition) is 3. The first-order valence-corrected chi connectivity index (χ1v) is 7.68. The molecule has 1 N–H and O–H groups in total. The van der Waals surface area contributed by atoms with Gasteiger partial charge in [0.2, 0.25) is 11.8 Å². The number of aliphatic hydroxyl groups excluding tert-OH is 1. The van der Waals surface area contributed by atoms with Gasteiger partial charge in [0.25, 0.3) is 0 Å². The minimum Gasteiger partial charge on any atom is -0.396 e. The van der Waals surface area contributed by atoms with E-state index in [0.717, 1.165) is 32.5 Å². The summed E-state index contributed by atoms with van der Waals surface area (Å²) in [7, 11) is 0. The van der Waals surface area contributed by atoms with E-state index in [2.05, 4.69) is 13.8 Å². The van der Waals surface area contributed by atoms with Gasteiger partial charge in [-0.25, -0.2) is 0 Å². The van der Waals surface area contributed by atoms with Gasteiger partial charge in [-0.05, 0) is 24.7 Å². The molecule has 2 aliphatic rings. The zero-order valence-corrected chi connectivity index (χ0v) is 12.5. The van der Waals surface area contributed by atoms with Crippen molar-refractivity contribution in [3.05, 3.63) is 0 Å². The summed E-state index contributed by atoms with van der Waals surface area (Å²) in [6.45, 7) is 7.21. The van der Waals surface area contributed by atoms with Crippen LogP contribution >= 0.6 is 0 Å². The van der Waals surface area contributed by atoms with Crippen molar-refractivity contribution in [1.82, 2.24) is 9.80 Å². The van der Waals surface area contributed by atoms with Crippen LogP contribution in [-0.2, 0) is 9.59 Å². The quantitative estimate of drug-likeness (QED) is 0.808. The van der Waals surface area contributed by atoms with E-state index in [1.807, 2.05) is 9.80 Å². The number of carbonyl (C=O) groups excluding carboxylic acids is 2. The van der Waals surface area contributed by atoms with E-state index in [4.69, 9.17) is 5.11 Å². The molecule has 0 saturated carbocycles.